The SMILES string of the molecule is C[C@@H]1Cc2cc([C@H](O)CN3CCCCC3)ccc2N1C(=O)C1CC1. The van der Waals surface area contributed by atoms with Crippen molar-refractivity contribution in [3.63, 3.8) is 0 Å². The number of carbonyl (C=O) groups excluding carboxylic acids is 1. The molecule has 0 radical (unpaired) electrons. The maximum Gasteiger partial charge on any atom is 0.230 e. The van der Waals surface area contributed by atoms with Crippen molar-refractivity contribution in [1.29, 1.82) is 0 Å². The van der Waals surface area contributed by atoms with E-state index in [2.05, 4.69) is 17.9 Å². The third-order valence-corrected chi connectivity index (χ3v) is 5.75. The average Bonchev–Trinajstić information content (AvgIpc) is 3.37. The molecule has 2 fully saturated rings. The van der Waals surface area contributed by atoms with Crippen molar-refractivity contribution < 1.29 is 9.90 Å². The third kappa shape index (κ3) is 3.09. The minimum atomic E-state index is -0.433. The molecule has 3 aliphatic rings. The summed E-state index contributed by atoms with van der Waals surface area (Å²) in [6, 6.07) is 6.43. The molecule has 2 aliphatic heterocycles. The Morgan fingerprint density at radius 3 is 2.71 bits per heavy atom. The Morgan fingerprint density at radius 1 is 1.25 bits per heavy atom. The lowest BCUT2D eigenvalue weighted by Gasteiger charge is -2.28. The van der Waals surface area contributed by atoms with Crippen molar-refractivity contribution in [2.45, 2.75) is 57.6 Å². The third-order valence-electron chi connectivity index (χ3n) is 5.75. The molecule has 1 saturated heterocycles. The number of fused-ring (bicyclic) bond motifs is 1. The molecule has 0 unspecified atom stereocenters. The van der Waals surface area contributed by atoms with E-state index in [1.807, 2.05) is 17.0 Å². The summed E-state index contributed by atoms with van der Waals surface area (Å²) in [6.07, 6.45) is 6.36. The number of likely N-dealkylation sites (tertiary alicyclic amines) is 1. The fourth-order valence-corrected chi connectivity index (χ4v) is 4.21. The van der Waals surface area contributed by atoms with E-state index in [1.54, 1.807) is 0 Å². The Balaban J connectivity index is 1.49. The monoisotopic (exact) mass is 328 g/mol. The predicted molar refractivity (Wildman–Crippen MR) is 95.1 cm³/mol. The lowest BCUT2D eigenvalue weighted by molar-refractivity contribution is -0.120. The Labute approximate surface area is 144 Å². The van der Waals surface area contributed by atoms with E-state index in [0.29, 0.717) is 5.91 Å². The van der Waals surface area contributed by atoms with Gasteiger partial charge < -0.3 is 14.9 Å². The molecule has 1 aromatic carbocycles. The van der Waals surface area contributed by atoms with Gasteiger partial charge in [0.2, 0.25) is 5.91 Å². The summed E-state index contributed by atoms with van der Waals surface area (Å²) >= 11 is 0. The lowest BCUT2D eigenvalue weighted by atomic mass is 10.0. The van der Waals surface area contributed by atoms with E-state index in [1.165, 1.54) is 24.8 Å². The van der Waals surface area contributed by atoms with Gasteiger partial charge in [-0.15, -0.1) is 0 Å². The molecular formula is C20H28N2O2. The number of amides is 1. The summed E-state index contributed by atoms with van der Waals surface area (Å²) in [5, 5.41) is 10.6. The number of aliphatic hydroxyl groups is 1. The van der Waals surface area contributed by atoms with Gasteiger partial charge in [0.1, 0.15) is 0 Å². The van der Waals surface area contributed by atoms with Crippen LogP contribution in [0.15, 0.2) is 18.2 Å². The summed E-state index contributed by atoms with van der Waals surface area (Å²) in [5.41, 5.74) is 3.27. The Hall–Kier alpha value is -1.39. The molecule has 1 aliphatic carbocycles. The molecule has 4 heteroatoms. The van der Waals surface area contributed by atoms with E-state index < -0.39 is 6.10 Å². The fraction of sp³-hybridized carbons (Fsp3) is 0.650. The number of β-amino-alcohol motifs (C(OH)–C–C–N with tert-alkyl or cyclic N) is 1. The highest BCUT2D eigenvalue weighted by molar-refractivity contribution is 5.98. The minimum absolute atomic E-state index is 0.239. The highest BCUT2D eigenvalue weighted by Crippen LogP contribution is 2.39. The number of hydrogen-bond acceptors (Lipinski definition) is 3. The van der Waals surface area contributed by atoms with Gasteiger partial charge in [-0.3, -0.25) is 4.79 Å². The molecule has 4 nitrogen and oxygen atoms in total. The lowest BCUT2D eigenvalue weighted by Crippen LogP contribution is -2.36. The molecule has 0 bridgehead atoms. The number of benzene rings is 1. The fourth-order valence-electron chi connectivity index (χ4n) is 4.21. The first kappa shape index (κ1) is 16.1. The summed E-state index contributed by atoms with van der Waals surface area (Å²) in [5.74, 6) is 0.547. The van der Waals surface area contributed by atoms with Crippen molar-refractivity contribution in [2.75, 3.05) is 24.5 Å². The smallest absolute Gasteiger partial charge is 0.230 e. The predicted octanol–water partition coefficient (Wildman–Crippen LogP) is 2.89. The van der Waals surface area contributed by atoms with Crippen molar-refractivity contribution in [3.05, 3.63) is 29.3 Å². The topological polar surface area (TPSA) is 43.8 Å². The molecule has 1 amide bonds. The number of piperidine rings is 1. The van der Waals surface area contributed by atoms with Gasteiger partial charge in [0.15, 0.2) is 0 Å². The van der Waals surface area contributed by atoms with Crippen LogP contribution in [0.3, 0.4) is 0 Å². The number of carbonyl (C=O) groups is 1. The molecule has 2 atom stereocenters. The van der Waals surface area contributed by atoms with Crippen LogP contribution in [0.2, 0.25) is 0 Å². The van der Waals surface area contributed by atoms with Crippen LogP contribution in [0, 0.1) is 5.92 Å². The Kier molecular flexibility index (Phi) is 4.35. The van der Waals surface area contributed by atoms with Gasteiger partial charge in [0.25, 0.3) is 0 Å². The van der Waals surface area contributed by atoms with Gasteiger partial charge in [0, 0.05) is 24.2 Å². The summed E-state index contributed by atoms with van der Waals surface area (Å²) in [6.45, 7) is 5.05. The first-order valence-corrected chi connectivity index (χ1v) is 9.50. The van der Waals surface area contributed by atoms with Crippen LogP contribution in [0.25, 0.3) is 0 Å². The zero-order valence-corrected chi connectivity index (χ0v) is 14.6. The molecule has 1 saturated carbocycles. The average molecular weight is 328 g/mol. The second-order valence-corrected chi connectivity index (χ2v) is 7.80. The minimum Gasteiger partial charge on any atom is -0.387 e. The van der Waals surface area contributed by atoms with Crippen LogP contribution in [0.5, 0.6) is 0 Å². The van der Waals surface area contributed by atoms with Crippen LogP contribution in [0.4, 0.5) is 5.69 Å². The Morgan fingerprint density at radius 2 is 2.00 bits per heavy atom. The van der Waals surface area contributed by atoms with Crippen molar-refractivity contribution in [2.24, 2.45) is 5.92 Å². The number of rotatable bonds is 4. The van der Waals surface area contributed by atoms with Crippen LogP contribution in [-0.4, -0.2) is 41.6 Å². The maximum atomic E-state index is 12.5. The van der Waals surface area contributed by atoms with E-state index >= 15 is 0 Å². The molecule has 1 N–H and O–H groups in total. The largest absolute Gasteiger partial charge is 0.387 e. The van der Waals surface area contributed by atoms with Gasteiger partial charge in [0.05, 0.1) is 6.10 Å². The van der Waals surface area contributed by atoms with Crippen molar-refractivity contribution in [1.82, 2.24) is 4.90 Å². The molecular weight excluding hydrogens is 300 g/mol. The van der Waals surface area contributed by atoms with Gasteiger partial charge in [-0.25, -0.2) is 0 Å². The summed E-state index contributed by atoms with van der Waals surface area (Å²) in [4.78, 5) is 16.9. The van der Waals surface area contributed by atoms with Gasteiger partial charge in [-0.05, 0) is 69.3 Å². The van der Waals surface area contributed by atoms with Crippen LogP contribution >= 0.6 is 0 Å². The van der Waals surface area contributed by atoms with Crippen molar-refractivity contribution in [3.8, 4) is 0 Å². The van der Waals surface area contributed by atoms with Gasteiger partial charge >= 0.3 is 0 Å². The zero-order chi connectivity index (χ0) is 16.7. The van der Waals surface area contributed by atoms with E-state index in [-0.39, 0.29) is 12.0 Å². The molecule has 1 aromatic rings. The number of nitrogens with zero attached hydrogens (tertiary/aromatic N) is 2. The molecule has 2 heterocycles. The Bertz CT molecular complexity index is 620. The first-order valence-electron chi connectivity index (χ1n) is 9.50. The molecule has 24 heavy (non-hydrogen) atoms. The van der Waals surface area contributed by atoms with Crippen LogP contribution in [0.1, 0.15) is 56.3 Å². The van der Waals surface area contributed by atoms with E-state index in [4.69, 9.17) is 0 Å². The second-order valence-electron chi connectivity index (χ2n) is 7.80. The first-order chi connectivity index (χ1) is 11.6. The standard InChI is InChI=1S/C20H28N2O2/c1-14-11-17-12-16(19(23)13-21-9-3-2-4-10-21)7-8-18(17)22(14)20(24)15-5-6-15/h7-8,12,14-15,19,23H,2-6,9-11,13H2,1H3/t14-,19-/m1/s1. The molecule has 4 rings (SSSR count). The van der Waals surface area contributed by atoms with Gasteiger partial charge in [-0.2, -0.15) is 0 Å². The normalized spacial score (nSPS) is 25.6. The molecule has 0 spiro atoms. The maximum absolute atomic E-state index is 12.5. The number of anilines is 1. The summed E-state index contributed by atoms with van der Waals surface area (Å²) < 4.78 is 0. The number of hydrogen-bond donors (Lipinski definition) is 1. The second kappa shape index (κ2) is 6.49. The summed E-state index contributed by atoms with van der Waals surface area (Å²) in [7, 11) is 0. The van der Waals surface area contributed by atoms with E-state index in [0.717, 1.165) is 50.1 Å². The molecule has 130 valence electrons. The highest BCUT2D eigenvalue weighted by Gasteiger charge is 2.39. The molecule has 0 aromatic heterocycles. The zero-order valence-electron chi connectivity index (χ0n) is 14.6. The van der Waals surface area contributed by atoms with Crippen LogP contribution < -0.4 is 4.90 Å². The highest BCUT2D eigenvalue weighted by atomic mass is 16.3. The number of aliphatic hydroxyl groups excluding tert-OH is 1. The van der Waals surface area contributed by atoms with Crippen molar-refractivity contribution >= 4 is 11.6 Å². The quantitative estimate of drug-likeness (QED) is 0.924. The van der Waals surface area contributed by atoms with Crippen LogP contribution in [-0.2, 0) is 11.2 Å². The van der Waals surface area contributed by atoms with E-state index in [9.17, 15) is 9.90 Å². The van der Waals surface area contributed by atoms with Gasteiger partial charge in [-0.1, -0.05) is 18.6 Å².